The van der Waals surface area contributed by atoms with Gasteiger partial charge in [-0.05, 0) is 55.8 Å². The molecule has 2 atom stereocenters. The molecule has 76 valence electrons. The van der Waals surface area contributed by atoms with E-state index >= 15 is 0 Å². The highest BCUT2D eigenvalue weighted by Gasteiger charge is 2.51. The van der Waals surface area contributed by atoms with E-state index in [2.05, 4.69) is 25.2 Å². The van der Waals surface area contributed by atoms with E-state index in [1.165, 1.54) is 38.5 Å². The maximum absolute atomic E-state index is 2.51. The number of fused-ring (bicyclic) bond motifs is 1. The van der Waals surface area contributed by atoms with Crippen LogP contribution in [0.1, 0.15) is 45.4 Å². The molecule has 0 amide bonds. The van der Waals surface area contributed by atoms with Crippen molar-refractivity contribution in [3.05, 3.63) is 23.8 Å². The van der Waals surface area contributed by atoms with E-state index in [9.17, 15) is 0 Å². The van der Waals surface area contributed by atoms with Crippen LogP contribution in [0.3, 0.4) is 0 Å². The second kappa shape index (κ2) is 2.98. The summed E-state index contributed by atoms with van der Waals surface area (Å²) in [5, 5.41) is 0. The molecule has 0 aliphatic heterocycles. The van der Waals surface area contributed by atoms with Gasteiger partial charge >= 0.3 is 0 Å². The van der Waals surface area contributed by atoms with E-state index in [1.54, 1.807) is 5.57 Å². The Morgan fingerprint density at radius 2 is 2.29 bits per heavy atom. The van der Waals surface area contributed by atoms with Crippen LogP contribution in [-0.2, 0) is 0 Å². The maximum Gasteiger partial charge on any atom is -0.00861 e. The van der Waals surface area contributed by atoms with E-state index in [-0.39, 0.29) is 0 Å². The molecule has 3 rings (SSSR count). The lowest BCUT2D eigenvalue weighted by atomic mass is 9.92. The third kappa shape index (κ3) is 1.36. The summed E-state index contributed by atoms with van der Waals surface area (Å²) in [5.74, 6) is 1.99. The molecule has 0 saturated heterocycles. The fourth-order valence-electron chi connectivity index (χ4n) is 3.11. The highest BCUT2D eigenvalue weighted by molar-refractivity contribution is 5.25. The Morgan fingerprint density at radius 3 is 3.00 bits per heavy atom. The summed E-state index contributed by atoms with van der Waals surface area (Å²) < 4.78 is 0. The highest BCUT2D eigenvalue weighted by atomic mass is 14.5. The van der Waals surface area contributed by atoms with Crippen molar-refractivity contribution in [1.29, 1.82) is 0 Å². The highest BCUT2D eigenvalue weighted by Crippen LogP contribution is 2.61. The molecular formula is C14H20. The molecule has 0 heteroatoms. The lowest BCUT2D eigenvalue weighted by Gasteiger charge is -2.14. The number of hydrogen-bond acceptors (Lipinski definition) is 0. The molecule has 2 unspecified atom stereocenters. The average molecular weight is 188 g/mol. The van der Waals surface area contributed by atoms with E-state index in [0.717, 1.165) is 11.8 Å². The smallest absolute Gasteiger partial charge is 0.00861 e. The second-order valence-corrected chi connectivity index (χ2v) is 5.38. The minimum Gasteiger partial charge on any atom is -0.0842 e. The van der Waals surface area contributed by atoms with Crippen molar-refractivity contribution in [2.45, 2.75) is 45.4 Å². The quantitative estimate of drug-likeness (QED) is 0.573. The molecule has 0 nitrogen and oxygen atoms in total. The zero-order valence-electron chi connectivity index (χ0n) is 9.13. The Balaban J connectivity index is 1.78. The van der Waals surface area contributed by atoms with Crippen LogP contribution in [0.15, 0.2) is 23.8 Å². The van der Waals surface area contributed by atoms with Crippen LogP contribution in [0.2, 0.25) is 0 Å². The summed E-state index contributed by atoms with van der Waals surface area (Å²) in [6, 6.07) is 0. The van der Waals surface area contributed by atoms with Gasteiger partial charge in [0.1, 0.15) is 0 Å². The molecule has 2 fully saturated rings. The molecule has 0 heterocycles. The fraction of sp³-hybridized carbons (Fsp3) is 0.714. The third-order valence-electron chi connectivity index (χ3n) is 4.49. The van der Waals surface area contributed by atoms with Crippen molar-refractivity contribution >= 4 is 0 Å². The van der Waals surface area contributed by atoms with E-state index in [1.807, 2.05) is 0 Å². The lowest BCUT2D eigenvalue weighted by molar-refractivity contribution is 0.533. The molecule has 0 radical (unpaired) electrons. The first-order chi connectivity index (χ1) is 6.84. The van der Waals surface area contributed by atoms with Gasteiger partial charge in [0.15, 0.2) is 0 Å². The second-order valence-electron chi connectivity index (χ2n) is 5.38. The zero-order chi connectivity index (χ0) is 9.60. The Labute approximate surface area is 87.1 Å². The van der Waals surface area contributed by atoms with Crippen LogP contribution in [-0.4, -0.2) is 0 Å². The lowest BCUT2D eigenvalue weighted by Crippen LogP contribution is -2.01. The molecule has 14 heavy (non-hydrogen) atoms. The van der Waals surface area contributed by atoms with Crippen molar-refractivity contribution < 1.29 is 0 Å². The van der Waals surface area contributed by atoms with Crippen molar-refractivity contribution in [2.24, 2.45) is 17.3 Å². The molecule has 0 bridgehead atoms. The Morgan fingerprint density at radius 1 is 1.43 bits per heavy atom. The number of rotatable bonds is 2. The SMILES string of the molecule is CCC12C=CCC=C(C3CC3)CC1C2. The standard InChI is InChI=1S/C14H20/c1-2-14-8-4-3-5-12(11-6-7-11)9-13(14)10-14/h4-5,8,11,13H,2-3,6-7,9-10H2,1H3. The summed E-state index contributed by atoms with van der Waals surface area (Å²) in [6.45, 7) is 2.35. The van der Waals surface area contributed by atoms with Gasteiger partial charge in [0.05, 0.1) is 0 Å². The van der Waals surface area contributed by atoms with Crippen LogP contribution in [0.25, 0.3) is 0 Å². The van der Waals surface area contributed by atoms with Gasteiger partial charge in [-0.2, -0.15) is 0 Å². The van der Waals surface area contributed by atoms with Gasteiger partial charge in [0, 0.05) is 0 Å². The first-order valence-corrected chi connectivity index (χ1v) is 6.21. The Bertz CT molecular complexity index is 293. The predicted octanol–water partition coefficient (Wildman–Crippen LogP) is 4.09. The minimum atomic E-state index is 0.633. The van der Waals surface area contributed by atoms with Crippen LogP contribution < -0.4 is 0 Å². The van der Waals surface area contributed by atoms with E-state index in [4.69, 9.17) is 0 Å². The molecule has 0 aromatic carbocycles. The summed E-state index contributed by atoms with van der Waals surface area (Å²) in [6.07, 6.45) is 15.8. The van der Waals surface area contributed by atoms with Crippen LogP contribution in [0.5, 0.6) is 0 Å². The fourth-order valence-corrected chi connectivity index (χ4v) is 3.11. The molecule has 0 aromatic heterocycles. The summed E-state index contributed by atoms with van der Waals surface area (Å²) in [4.78, 5) is 0. The monoisotopic (exact) mass is 188 g/mol. The normalized spacial score (nSPS) is 40.9. The number of hydrogen-bond donors (Lipinski definition) is 0. The van der Waals surface area contributed by atoms with Crippen molar-refractivity contribution in [1.82, 2.24) is 0 Å². The topological polar surface area (TPSA) is 0 Å². The van der Waals surface area contributed by atoms with Gasteiger partial charge in [0.2, 0.25) is 0 Å². The molecule has 0 aromatic rings. The average Bonchev–Trinajstić information content (AvgIpc) is 3.02. The first-order valence-electron chi connectivity index (χ1n) is 6.21. The van der Waals surface area contributed by atoms with Gasteiger partial charge in [-0.25, -0.2) is 0 Å². The van der Waals surface area contributed by atoms with Crippen LogP contribution >= 0.6 is 0 Å². The Kier molecular flexibility index (Phi) is 1.87. The van der Waals surface area contributed by atoms with Crippen molar-refractivity contribution in [2.75, 3.05) is 0 Å². The minimum absolute atomic E-state index is 0.633. The van der Waals surface area contributed by atoms with E-state index in [0.29, 0.717) is 5.41 Å². The van der Waals surface area contributed by atoms with Crippen LogP contribution in [0, 0.1) is 17.3 Å². The van der Waals surface area contributed by atoms with Gasteiger partial charge in [-0.15, -0.1) is 0 Å². The molecule has 3 aliphatic rings. The molecular weight excluding hydrogens is 168 g/mol. The Hall–Kier alpha value is -0.520. The molecule has 2 saturated carbocycles. The molecule has 0 N–H and O–H groups in total. The zero-order valence-corrected chi connectivity index (χ0v) is 9.13. The molecule has 3 aliphatic carbocycles. The van der Waals surface area contributed by atoms with Gasteiger partial charge in [-0.3, -0.25) is 0 Å². The molecule has 0 spiro atoms. The van der Waals surface area contributed by atoms with Crippen LogP contribution in [0.4, 0.5) is 0 Å². The largest absolute Gasteiger partial charge is 0.0842 e. The van der Waals surface area contributed by atoms with Gasteiger partial charge in [0.25, 0.3) is 0 Å². The summed E-state index contributed by atoms with van der Waals surface area (Å²) in [7, 11) is 0. The predicted molar refractivity (Wildman–Crippen MR) is 60.0 cm³/mol. The first kappa shape index (κ1) is 8.76. The van der Waals surface area contributed by atoms with Crippen molar-refractivity contribution in [3.63, 3.8) is 0 Å². The maximum atomic E-state index is 2.51. The summed E-state index contributed by atoms with van der Waals surface area (Å²) in [5.41, 5.74) is 2.43. The van der Waals surface area contributed by atoms with Crippen molar-refractivity contribution in [3.8, 4) is 0 Å². The number of allylic oxidation sites excluding steroid dienone is 4. The van der Waals surface area contributed by atoms with Gasteiger partial charge in [-0.1, -0.05) is 30.7 Å². The summed E-state index contributed by atoms with van der Waals surface area (Å²) >= 11 is 0. The third-order valence-corrected chi connectivity index (χ3v) is 4.49. The van der Waals surface area contributed by atoms with Gasteiger partial charge < -0.3 is 0 Å². The van der Waals surface area contributed by atoms with E-state index < -0.39 is 0 Å².